The molecule has 0 saturated carbocycles. The summed E-state index contributed by atoms with van der Waals surface area (Å²) >= 11 is 5.79. The van der Waals surface area contributed by atoms with E-state index >= 15 is 0 Å². The maximum absolute atomic E-state index is 12.0. The number of hydrogen-bond acceptors (Lipinski definition) is 2. The van der Waals surface area contributed by atoms with Gasteiger partial charge in [0.25, 0.3) is 5.91 Å². The van der Waals surface area contributed by atoms with Gasteiger partial charge in [0.15, 0.2) is 0 Å². The first-order valence-corrected chi connectivity index (χ1v) is 6.47. The van der Waals surface area contributed by atoms with Crippen molar-refractivity contribution in [1.29, 1.82) is 0 Å². The molecule has 0 bridgehead atoms. The molecule has 0 unspecified atom stereocenters. The van der Waals surface area contributed by atoms with Crippen molar-refractivity contribution in [3.05, 3.63) is 71.8 Å². The van der Waals surface area contributed by atoms with Crippen molar-refractivity contribution >= 4 is 23.2 Å². The van der Waals surface area contributed by atoms with Gasteiger partial charge < -0.3 is 10.1 Å². The summed E-state index contributed by atoms with van der Waals surface area (Å²) in [4.78, 5) is 12.0. The number of carbonyl (C=O) groups is 1. The normalized spacial score (nSPS) is 9.85. The van der Waals surface area contributed by atoms with Gasteiger partial charge in [-0.3, -0.25) is 4.79 Å². The third kappa shape index (κ3) is 3.87. The Bertz CT molecular complexity index is 608. The van der Waals surface area contributed by atoms with E-state index in [4.69, 9.17) is 16.3 Å². The molecule has 0 aliphatic carbocycles. The van der Waals surface area contributed by atoms with Gasteiger partial charge in [0.2, 0.25) is 0 Å². The lowest BCUT2D eigenvalue weighted by atomic mass is 10.2. The highest BCUT2D eigenvalue weighted by Gasteiger charge is 2.06. The molecule has 102 valence electrons. The van der Waals surface area contributed by atoms with Crippen LogP contribution in [0.4, 0.5) is 5.69 Å². The van der Waals surface area contributed by atoms with E-state index in [-0.39, 0.29) is 5.91 Å². The zero-order valence-electron chi connectivity index (χ0n) is 10.8. The van der Waals surface area contributed by atoms with Crippen molar-refractivity contribution in [2.24, 2.45) is 0 Å². The number of ether oxygens (including phenoxy) is 1. The smallest absolute Gasteiger partial charge is 0.255 e. The lowest BCUT2D eigenvalue weighted by Gasteiger charge is -2.08. The molecule has 20 heavy (non-hydrogen) atoms. The van der Waals surface area contributed by atoms with Crippen molar-refractivity contribution in [3.63, 3.8) is 0 Å². The standard InChI is InChI=1S/C16H14ClNO2/c1-2-10-20-15-5-3-4-14(11-15)18-16(19)12-6-8-13(17)9-7-12/h2-9,11H,1,10H2,(H,18,19). The van der Waals surface area contributed by atoms with Crippen LogP contribution in [0.25, 0.3) is 0 Å². The molecule has 0 aliphatic heterocycles. The van der Waals surface area contributed by atoms with Crippen LogP contribution in [0.5, 0.6) is 5.75 Å². The first kappa shape index (κ1) is 14.2. The van der Waals surface area contributed by atoms with E-state index < -0.39 is 0 Å². The van der Waals surface area contributed by atoms with E-state index in [1.165, 1.54) is 0 Å². The van der Waals surface area contributed by atoms with E-state index in [2.05, 4.69) is 11.9 Å². The average molecular weight is 288 g/mol. The van der Waals surface area contributed by atoms with E-state index in [0.717, 1.165) is 0 Å². The molecule has 0 saturated heterocycles. The first-order valence-electron chi connectivity index (χ1n) is 6.10. The molecule has 3 nitrogen and oxygen atoms in total. The van der Waals surface area contributed by atoms with E-state index in [0.29, 0.717) is 28.6 Å². The molecule has 1 N–H and O–H groups in total. The Morgan fingerprint density at radius 3 is 2.70 bits per heavy atom. The van der Waals surface area contributed by atoms with Gasteiger partial charge in [-0.05, 0) is 36.4 Å². The minimum Gasteiger partial charge on any atom is -0.489 e. The average Bonchev–Trinajstić information content (AvgIpc) is 2.46. The van der Waals surface area contributed by atoms with Crippen molar-refractivity contribution in [2.45, 2.75) is 0 Å². The molecule has 0 aliphatic rings. The molecule has 0 aromatic heterocycles. The van der Waals surface area contributed by atoms with E-state index in [1.807, 2.05) is 12.1 Å². The highest BCUT2D eigenvalue weighted by Crippen LogP contribution is 2.18. The monoisotopic (exact) mass is 287 g/mol. The zero-order valence-corrected chi connectivity index (χ0v) is 11.6. The summed E-state index contributed by atoms with van der Waals surface area (Å²) in [7, 11) is 0. The highest BCUT2D eigenvalue weighted by molar-refractivity contribution is 6.30. The topological polar surface area (TPSA) is 38.3 Å². The number of rotatable bonds is 5. The lowest BCUT2D eigenvalue weighted by molar-refractivity contribution is 0.102. The molecule has 0 heterocycles. The third-order valence-electron chi connectivity index (χ3n) is 2.57. The molecule has 4 heteroatoms. The summed E-state index contributed by atoms with van der Waals surface area (Å²) < 4.78 is 5.41. The molecule has 0 radical (unpaired) electrons. The summed E-state index contributed by atoms with van der Waals surface area (Å²) in [5.74, 6) is 0.487. The number of amides is 1. The molecular formula is C16H14ClNO2. The Hall–Kier alpha value is -2.26. The summed E-state index contributed by atoms with van der Waals surface area (Å²) in [5, 5.41) is 3.41. The van der Waals surface area contributed by atoms with Crippen LogP contribution in [0, 0.1) is 0 Å². The van der Waals surface area contributed by atoms with Gasteiger partial charge in [-0.25, -0.2) is 0 Å². The molecule has 2 rings (SSSR count). The van der Waals surface area contributed by atoms with Gasteiger partial charge in [-0.2, -0.15) is 0 Å². The van der Waals surface area contributed by atoms with Crippen LogP contribution in [0.15, 0.2) is 61.2 Å². The Morgan fingerprint density at radius 1 is 1.25 bits per heavy atom. The van der Waals surface area contributed by atoms with Crippen LogP contribution in [0.2, 0.25) is 5.02 Å². The third-order valence-corrected chi connectivity index (χ3v) is 2.82. The second-order valence-electron chi connectivity index (χ2n) is 4.09. The number of benzene rings is 2. The van der Waals surface area contributed by atoms with Gasteiger partial charge in [0.1, 0.15) is 12.4 Å². The van der Waals surface area contributed by atoms with Crippen LogP contribution in [0.1, 0.15) is 10.4 Å². The van der Waals surface area contributed by atoms with Crippen molar-refractivity contribution in [3.8, 4) is 5.75 Å². The first-order chi connectivity index (χ1) is 9.69. The molecule has 0 atom stereocenters. The van der Waals surface area contributed by atoms with Gasteiger partial charge >= 0.3 is 0 Å². The Morgan fingerprint density at radius 2 is 2.00 bits per heavy atom. The van der Waals surface area contributed by atoms with Gasteiger partial charge in [0, 0.05) is 22.3 Å². The second-order valence-corrected chi connectivity index (χ2v) is 4.52. The summed E-state index contributed by atoms with van der Waals surface area (Å²) in [5.41, 5.74) is 1.22. The van der Waals surface area contributed by atoms with Crippen LogP contribution >= 0.6 is 11.6 Å². The maximum atomic E-state index is 12.0. The number of nitrogens with one attached hydrogen (secondary N) is 1. The zero-order chi connectivity index (χ0) is 14.4. The maximum Gasteiger partial charge on any atom is 0.255 e. The quantitative estimate of drug-likeness (QED) is 0.839. The van der Waals surface area contributed by atoms with Gasteiger partial charge in [-0.1, -0.05) is 30.3 Å². The predicted octanol–water partition coefficient (Wildman–Crippen LogP) is 4.16. The Kier molecular flexibility index (Phi) is 4.80. The number of anilines is 1. The summed E-state index contributed by atoms with van der Waals surface area (Å²) in [6, 6.07) is 13.9. The number of carbonyl (C=O) groups excluding carboxylic acids is 1. The minimum absolute atomic E-state index is 0.192. The lowest BCUT2D eigenvalue weighted by Crippen LogP contribution is -2.11. The minimum atomic E-state index is -0.192. The summed E-state index contributed by atoms with van der Waals surface area (Å²) in [6.45, 7) is 4.01. The molecule has 0 fully saturated rings. The molecule has 1 amide bonds. The molecule has 0 spiro atoms. The Labute approximate surface area is 122 Å². The van der Waals surface area contributed by atoms with Crippen molar-refractivity contribution < 1.29 is 9.53 Å². The van der Waals surface area contributed by atoms with Crippen molar-refractivity contribution in [1.82, 2.24) is 0 Å². The van der Waals surface area contributed by atoms with Gasteiger partial charge in [-0.15, -0.1) is 0 Å². The predicted molar refractivity (Wildman–Crippen MR) is 81.5 cm³/mol. The van der Waals surface area contributed by atoms with Gasteiger partial charge in [0.05, 0.1) is 0 Å². The fraction of sp³-hybridized carbons (Fsp3) is 0.0625. The van der Waals surface area contributed by atoms with Crippen LogP contribution in [0.3, 0.4) is 0 Å². The number of halogens is 1. The van der Waals surface area contributed by atoms with E-state index in [9.17, 15) is 4.79 Å². The largest absolute Gasteiger partial charge is 0.489 e. The molecular weight excluding hydrogens is 274 g/mol. The SMILES string of the molecule is C=CCOc1cccc(NC(=O)c2ccc(Cl)cc2)c1. The van der Waals surface area contributed by atoms with Crippen LogP contribution in [-0.2, 0) is 0 Å². The molecule has 2 aromatic rings. The number of hydrogen-bond donors (Lipinski definition) is 1. The van der Waals surface area contributed by atoms with Crippen molar-refractivity contribution in [2.75, 3.05) is 11.9 Å². The Balaban J connectivity index is 2.07. The fourth-order valence-corrected chi connectivity index (χ4v) is 1.75. The summed E-state index contributed by atoms with van der Waals surface area (Å²) in [6.07, 6.45) is 1.67. The second kappa shape index (κ2) is 6.78. The fourth-order valence-electron chi connectivity index (χ4n) is 1.62. The highest BCUT2D eigenvalue weighted by atomic mass is 35.5. The molecule has 2 aromatic carbocycles. The van der Waals surface area contributed by atoms with E-state index in [1.54, 1.807) is 42.5 Å². The van der Waals surface area contributed by atoms with Crippen LogP contribution < -0.4 is 10.1 Å². The van der Waals surface area contributed by atoms with Crippen LogP contribution in [-0.4, -0.2) is 12.5 Å².